The van der Waals surface area contributed by atoms with Gasteiger partial charge >= 0.3 is 0 Å². The predicted octanol–water partition coefficient (Wildman–Crippen LogP) is 3.32. The van der Waals surface area contributed by atoms with Crippen molar-refractivity contribution < 1.29 is 0 Å². The lowest BCUT2D eigenvalue weighted by molar-refractivity contribution is 0.552. The summed E-state index contributed by atoms with van der Waals surface area (Å²) in [5, 5.41) is 3.50. The molecule has 4 heteroatoms. The van der Waals surface area contributed by atoms with Crippen molar-refractivity contribution >= 4 is 17.6 Å². The van der Waals surface area contributed by atoms with Crippen LogP contribution in [0, 0.1) is 12.8 Å². The fourth-order valence-electron chi connectivity index (χ4n) is 2.09. The molecular weight excluding hydrogens is 266 g/mol. The predicted molar refractivity (Wildman–Crippen MR) is 91.8 cm³/mol. The Bertz CT molecular complexity index is 407. The molecule has 1 aromatic rings. The summed E-state index contributed by atoms with van der Waals surface area (Å²) in [6.07, 6.45) is 2.15. The molecule has 0 spiro atoms. The molecule has 1 heterocycles. The van der Waals surface area contributed by atoms with Crippen LogP contribution in [0.15, 0.2) is 12.1 Å². The van der Waals surface area contributed by atoms with Crippen LogP contribution in [0.5, 0.6) is 0 Å². The number of anilines is 1. The highest BCUT2D eigenvalue weighted by Crippen LogP contribution is 2.17. The zero-order chi connectivity index (χ0) is 15.1. The van der Waals surface area contributed by atoms with E-state index in [1.165, 1.54) is 5.56 Å². The Balaban J connectivity index is 2.74. The van der Waals surface area contributed by atoms with Gasteiger partial charge in [0, 0.05) is 31.1 Å². The fraction of sp³-hybridized carbons (Fsp3) is 0.688. The van der Waals surface area contributed by atoms with Gasteiger partial charge in [-0.25, -0.2) is 4.98 Å². The number of hydrogen-bond donors (Lipinski definition) is 1. The number of pyridine rings is 1. The summed E-state index contributed by atoms with van der Waals surface area (Å²) in [7, 11) is 2.13. The molecule has 1 N–H and O–H groups in total. The Labute approximate surface area is 128 Å². The molecule has 1 atom stereocenters. The molecule has 1 aromatic heterocycles. The van der Waals surface area contributed by atoms with Crippen molar-refractivity contribution in [2.24, 2.45) is 5.92 Å². The van der Waals surface area contributed by atoms with Gasteiger partial charge in [-0.1, -0.05) is 13.8 Å². The van der Waals surface area contributed by atoms with Gasteiger partial charge in [0.15, 0.2) is 0 Å². The van der Waals surface area contributed by atoms with E-state index in [0.29, 0.717) is 12.0 Å². The highest BCUT2D eigenvalue weighted by molar-refractivity contribution is 7.98. The van der Waals surface area contributed by atoms with Gasteiger partial charge in [0.05, 0.1) is 0 Å². The second-order valence-corrected chi connectivity index (χ2v) is 6.83. The normalized spacial score (nSPS) is 12.8. The highest BCUT2D eigenvalue weighted by Gasteiger charge is 2.12. The van der Waals surface area contributed by atoms with Crippen LogP contribution in [0.4, 0.5) is 5.82 Å². The summed E-state index contributed by atoms with van der Waals surface area (Å²) >= 11 is 1.88. The first-order valence-electron chi connectivity index (χ1n) is 7.34. The molecule has 0 radical (unpaired) electrons. The molecule has 0 fully saturated rings. The van der Waals surface area contributed by atoms with E-state index in [9.17, 15) is 0 Å². The number of nitrogens with one attached hydrogen (secondary N) is 1. The third-order valence-corrected chi connectivity index (χ3v) is 4.13. The van der Waals surface area contributed by atoms with Crippen molar-refractivity contribution in [3.8, 4) is 0 Å². The average molecular weight is 295 g/mol. The molecule has 0 bridgehead atoms. The lowest BCUT2D eigenvalue weighted by Gasteiger charge is -2.26. The second kappa shape index (κ2) is 8.53. The molecule has 114 valence electrons. The van der Waals surface area contributed by atoms with Gasteiger partial charge in [0.1, 0.15) is 5.82 Å². The minimum Gasteiger partial charge on any atom is -0.356 e. The quantitative estimate of drug-likeness (QED) is 0.796. The fourth-order valence-corrected chi connectivity index (χ4v) is 2.79. The Morgan fingerprint density at radius 1 is 1.30 bits per heavy atom. The van der Waals surface area contributed by atoms with E-state index in [0.717, 1.165) is 30.4 Å². The van der Waals surface area contributed by atoms with Crippen LogP contribution in [-0.4, -0.2) is 36.6 Å². The number of hydrogen-bond acceptors (Lipinski definition) is 4. The van der Waals surface area contributed by atoms with E-state index in [4.69, 9.17) is 0 Å². The third-order valence-electron chi connectivity index (χ3n) is 3.31. The first kappa shape index (κ1) is 17.3. The first-order valence-corrected chi connectivity index (χ1v) is 8.73. The van der Waals surface area contributed by atoms with E-state index < -0.39 is 0 Å². The summed E-state index contributed by atoms with van der Waals surface area (Å²) in [6, 6.07) is 4.87. The minimum atomic E-state index is 0.496. The molecule has 20 heavy (non-hydrogen) atoms. The molecule has 0 aliphatic carbocycles. The number of aromatic nitrogens is 1. The van der Waals surface area contributed by atoms with Crippen LogP contribution in [0.3, 0.4) is 0 Å². The number of rotatable bonds is 8. The van der Waals surface area contributed by atoms with Gasteiger partial charge in [-0.15, -0.1) is 0 Å². The average Bonchev–Trinajstić information content (AvgIpc) is 2.37. The van der Waals surface area contributed by atoms with Crippen LogP contribution < -0.4 is 10.2 Å². The molecule has 0 aliphatic heterocycles. The van der Waals surface area contributed by atoms with Gasteiger partial charge in [-0.05, 0) is 50.3 Å². The lowest BCUT2D eigenvalue weighted by atomic mass is 10.2. The van der Waals surface area contributed by atoms with Crippen molar-refractivity contribution in [3.63, 3.8) is 0 Å². The summed E-state index contributed by atoms with van der Waals surface area (Å²) < 4.78 is 0. The van der Waals surface area contributed by atoms with E-state index in [-0.39, 0.29) is 0 Å². The maximum atomic E-state index is 4.67. The summed E-state index contributed by atoms with van der Waals surface area (Å²) in [5.41, 5.74) is 2.41. The monoisotopic (exact) mass is 295 g/mol. The summed E-state index contributed by atoms with van der Waals surface area (Å²) in [6.45, 7) is 10.7. The first-order chi connectivity index (χ1) is 9.43. The minimum absolute atomic E-state index is 0.496. The van der Waals surface area contributed by atoms with Crippen LogP contribution >= 0.6 is 11.8 Å². The van der Waals surface area contributed by atoms with E-state index in [2.05, 4.69) is 68.3 Å². The Hall–Kier alpha value is -0.740. The zero-order valence-corrected chi connectivity index (χ0v) is 14.5. The van der Waals surface area contributed by atoms with Crippen LogP contribution in [-0.2, 0) is 6.54 Å². The van der Waals surface area contributed by atoms with Gasteiger partial charge < -0.3 is 10.2 Å². The van der Waals surface area contributed by atoms with Crippen molar-refractivity contribution in [1.29, 1.82) is 0 Å². The molecular formula is C16H29N3S. The molecule has 0 aromatic carbocycles. The van der Waals surface area contributed by atoms with Gasteiger partial charge in [0.25, 0.3) is 0 Å². The zero-order valence-electron chi connectivity index (χ0n) is 13.7. The third kappa shape index (κ3) is 5.71. The lowest BCUT2D eigenvalue weighted by Crippen LogP contribution is -2.31. The molecule has 1 rings (SSSR count). The van der Waals surface area contributed by atoms with Crippen molar-refractivity contribution in [3.05, 3.63) is 23.4 Å². The number of aryl methyl sites for hydroxylation is 1. The van der Waals surface area contributed by atoms with Crippen LogP contribution in [0.25, 0.3) is 0 Å². The second-order valence-electron chi connectivity index (χ2n) is 5.91. The summed E-state index contributed by atoms with van der Waals surface area (Å²) in [5.74, 6) is 2.88. The maximum absolute atomic E-state index is 4.67. The number of nitrogens with zero attached hydrogens (tertiary/aromatic N) is 2. The smallest absolute Gasteiger partial charge is 0.129 e. The van der Waals surface area contributed by atoms with Crippen molar-refractivity contribution in [2.75, 3.05) is 30.5 Å². The largest absolute Gasteiger partial charge is 0.356 e. The van der Waals surface area contributed by atoms with Crippen LogP contribution in [0.1, 0.15) is 32.0 Å². The topological polar surface area (TPSA) is 28.2 Å². The standard InChI is InChI=1S/C16H29N3S/c1-12(2)9-17-10-15-7-13(3)18-16(8-15)19(5)14(4)11-20-6/h7-8,12,14,17H,9-11H2,1-6H3. The van der Waals surface area contributed by atoms with Crippen molar-refractivity contribution in [1.82, 2.24) is 10.3 Å². The van der Waals surface area contributed by atoms with E-state index in [1.54, 1.807) is 0 Å². The van der Waals surface area contributed by atoms with Crippen LogP contribution in [0.2, 0.25) is 0 Å². The SMILES string of the molecule is CSCC(C)N(C)c1cc(CNCC(C)C)cc(C)n1. The summed E-state index contributed by atoms with van der Waals surface area (Å²) in [4.78, 5) is 6.94. The molecule has 0 saturated heterocycles. The van der Waals surface area contributed by atoms with Gasteiger partial charge in [-0.2, -0.15) is 11.8 Å². The Kier molecular flexibility index (Phi) is 7.38. The van der Waals surface area contributed by atoms with Gasteiger partial charge in [0.2, 0.25) is 0 Å². The van der Waals surface area contributed by atoms with E-state index in [1.807, 2.05) is 11.8 Å². The number of thioether (sulfide) groups is 1. The van der Waals surface area contributed by atoms with Crippen molar-refractivity contribution in [2.45, 2.75) is 40.3 Å². The molecule has 3 nitrogen and oxygen atoms in total. The molecule has 0 saturated carbocycles. The van der Waals surface area contributed by atoms with E-state index >= 15 is 0 Å². The Morgan fingerprint density at radius 3 is 2.60 bits per heavy atom. The highest BCUT2D eigenvalue weighted by atomic mass is 32.2. The molecule has 0 aliphatic rings. The molecule has 0 amide bonds. The Morgan fingerprint density at radius 2 is 2.00 bits per heavy atom. The van der Waals surface area contributed by atoms with Gasteiger partial charge in [-0.3, -0.25) is 0 Å². The molecule has 1 unspecified atom stereocenters. The maximum Gasteiger partial charge on any atom is 0.129 e.